The smallest absolute Gasteiger partial charge is 0.132 e. The Bertz CT molecular complexity index is 735. The number of nitrogens with zero attached hydrogens (tertiary/aromatic N) is 1. The molecule has 0 aliphatic heterocycles. The minimum absolute atomic E-state index is 0.621. The fourth-order valence-electron chi connectivity index (χ4n) is 2.44. The predicted octanol–water partition coefficient (Wildman–Crippen LogP) is 5.04. The second-order valence-corrected chi connectivity index (χ2v) is 5.34. The van der Waals surface area contributed by atoms with Crippen molar-refractivity contribution >= 4 is 22.5 Å². The van der Waals surface area contributed by atoms with Crippen molar-refractivity contribution in [1.29, 1.82) is 0 Å². The summed E-state index contributed by atoms with van der Waals surface area (Å²) in [5.41, 5.74) is 4.69. The van der Waals surface area contributed by atoms with E-state index in [0.29, 0.717) is 5.15 Å². The fourth-order valence-corrected chi connectivity index (χ4v) is 2.71. The topological polar surface area (TPSA) is 12.9 Å². The summed E-state index contributed by atoms with van der Waals surface area (Å²) in [4.78, 5) is 4.46. The summed E-state index contributed by atoms with van der Waals surface area (Å²) in [6.45, 7) is 2.10. The zero-order valence-corrected chi connectivity index (χ0v) is 12.2. The maximum atomic E-state index is 6.16. The van der Waals surface area contributed by atoms with Crippen LogP contribution in [0.5, 0.6) is 0 Å². The zero-order valence-electron chi connectivity index (χ0n) is 11.4. The van der Waals surface area contributed by atoms with Crippen LogP contribution in [0.15, 0.2) is 54.6 Å². The van der Waals surface area contributed by atoms with Crippen LogP contribution in [0.2, 0.25) is 5.15 Å². The highest BCUT2D eigenvalue weighted by Gasteiger charge is 2.04. The van der Waals surface area contributed by atoms with Gasteiger partial charge in [0.1, 0.15) is 5.15 Å². The fraction of sp³-hybridized carbons (Fsp3) is 0.167. The standard InChI is InChI=1S/C18H16ClN/c1-2-15-12-16-11-14(8-9-17(16)20-18(15)19)10-13-6-4-3-5-7-13/h3-9,11-12H,2,10H2,1H3. The third kappa shape index (κ3) is 2.68. The second-order valence-electron chi connectivity index (χ2n) is 4.98. The minimum Gasteiger partial charge on any atom is -0.236 e. The molecule has 0 spiro atoms. The normalized spacial score (nSPS) is 10.9. The summed E-state index contributed by atoms with van der Waals surface area (Å²) in [5.74, 6) is 0. The van der Waals surface area contributed by atoms with E-state index in [1.807, 2.05) is 6.07 Å². The molecule has 1 heterocycles. The molecular formula is C18H16ClN. The van der Waals surface area contributed by atoms with Gasteiger partial charge in [-0.1, -0.05) is 54.9 Å². The molecule has 20 heavy (non-hydrogen) atoms. The van der Waals surface area contributed by atoms with Crippen molar-refractivity contribution in [3.05, 3.63) is 76.4 Å². The Hall–Kier alpha value is -1.86. The SMILES string of the molecule is CCc1cc2cc(Cc3ccccc3)ccc2nc1Cl. The monoisotopic (exact) mass is 281 g/mol. The Labute approximate surface area is 124 Å². The Kier molecular flexibility index (Phi) is 3.70. The summed E-state index contributed by atoms with van der Waals surface area (Å²) in [6, 6.07) is 19.1. The van der Waals surface area contributed by atoms with E-state index in [2.05, 4.69) is 60.4 Å². The van der Waals surface area contributed by atoms with Gasteiger partial charge in [-0.3, -0.25) is 0 Å². The van der Waals surface area contributed by atoms with Gasteiger partial charge in [-0.2, -0.15) is 0 Å². The molecule has 0 amide bonds. The zero-order chi connectivity index (χ0) is 13.9. The van der Waals surface area contributed by atoms with Crippen LogP contribution in [0.3, 0.4) is 0 Å². The van der Waals surface area contributed by atoms with Gasteiger partial charge in [-0.15, -0.1) is 0 Å². The summed E-state index contributed by atoms with van der Waals surface area (Å²) < 4.78 is 0. The summed E-state index contributed by atoms with van der Waals surface area (Å²) in [7, 11) is 0. The molecule has 0 fully saturated rings. The molecule has 0 saturated carbocycles. The molecule has 3 aromatic rings. The van der Waals surface area contributed by atoms with Gasteiger partial charge in [0.15, 0.2) is 0 Å². The quantitative estimate of drug-likeness (QED) is 0.613. The Balaban J connectivity index is 1.99. The lowest BCUT2D eigenvalue weighted by Crippen LogP contribution is -1.91. The molecule has 2 aromatic carbocycles. The summed E-state index contributed by atoms with van der Waals surface area (Å²) in [6.07, 6.45) is 1.85. The average molecular weight is 282 g/mol. The second kappa shape index (κ2) is 5.64. The number of fused-ring (bicyclic) bond motifs is 1. The first-order valence-electron chi connectivity index (χ1n) is 6.88. The highest BCUT2D eigenvalue weighted by molar-refractivity contribution is 6.30. The maximum absolute atomic E-state index is 6.16. The lowest BCUT2D eigenvalue weighted by molar-refractivity contribution is 1.12. The van der Waals surface area contributed by atoms with E-state index in [-0.39, 0.29) is 0 Å². The molecule has 1 aromatic heterocycles. The predicted molar refractivity (Wildman–Crippen MR) is 85.4 cm³/mol. The van der Waals surface area contributed by atoms with Gasteiger partial charge in [-0.25, -0.2) is 4.98 Å². The van der Waals surface area contributed by atoms with Crippen LogP contribution in [-0.2, 0) is 12.8 Å². The molecule has 0 unspecified atom stereocenters. The van der Waals surface area contributed by atoms with E-state index in [0.717, 1.165) is 23.9 Å². The Morgan fingerprint density at radius 1 is 0.950 bits per heavy atom. The van der Waals surface area contributed by atoms with Crippen molar-refractivity contribution in [1.82, 2.24) is 4.98 Å². The lowest BCUT2D eigenvalue weighted by Gasteiger charge is -2.07. The van der Waals surface area contributed by atoms with Crippen molar-refractivity contribution in [2.75, 3.05) is 0 Å². The van der Waals surface area contributed by atoms with E-state index in [1.165, 1.54) is 16.5 Å². The first-order valence-corrected chi connectivity index (χ1v) is 7.26. The Morgan fingerprint density at radius 3 is 2.50 bits per heavy atom. The van der Waals surface area contributed by atoms with Crippen LogP contribution in [0.25, 0.3) is 10.9 Å². The van der Waals surface area contributed by atoms with Crippen molar-refractivity contribution < 1.29 is 0 Å². The third-order valence-corrected chi connectivity index (χ3v) is 3.86. The molecule has 2 heteroatoms. The average Bonchev–Trinajstić information content (AvgIpc) is 2.48. The minimum atomic E-state index is 0.621. The number of aromatic nitrogens is 1. The highest BCUT2D eigenvalue weighted by Crippen LogP contribution is 2.23. The molecule has 0 bridgehead atoms. The molecule has 1 nitrogen and oxygen atoms in total. The number of hydrogen-bond donors (Lipinski definition) is 0. The lowest BCUT2D eigenvalue weighted by atomic mass is 10.0. The number of hydrogen-bond acceptors (Lipinski definition) is 1. The third-order valence-electron chi connectivity index (χ3n) is 3.54. The molecular weight excluding hydrogens is 266 g/mol. The van der Waals surface area contributed by atoms with Gasteiger partial charge in [0, 0.05) is 5.39 Å². The van der Waals surface area contributed by atoms with Gasteiger partial charge < -0.3 is 0 Å². The van der Waals surface area contributed by atoms with Crippen LogP contribution in [0.1, 0.15) is 23.6 Å². The van der Waals surface area contributed by atoms with Crippen LogP contribution in [0, 0.1) is 0 Å². The number of rotatable bonds is 3. The van der Waals surface area contributed by atoms with Crippen LogP contribution < -0.4 is 0 Å². The van der Waals surface area contributed by atoms with Gasteiger partial charge in [0.25, 0.3) is 0 Å². The molecule has 0 N–H and O–H groups in total. The molecule has 100 valence electrons. The van der Waals surface area contributed by atoms with Crippen molar-refractivity contribution in [2.45, 2.75) is 19.8 Å². The van der Waals surface area contributed by atoms with E-state index < -0.39 is 0 Å². The van der Waals surface area contributed by atoms with Crippen molar-refractivity contribution in [3.8, 4) is 0 Å². The number of aryl methyl sites for hydroxylation is 1. The van der Waals surface area contributed by atoms with Gasteiger partial charge >= 0.3 is 0 Å². The molecule has 0 saturated heterocycles. The van der Waals surface area contributed by atoms with E-state index in [9.17, 15) is 0 Å². The van der Waals surface area contributed by atoms with Crippen molar-refractivity contribution in [2.24, 2.45) is 0 Å². The van der Waals surface area contributed by atoms with Gasteiger partial charge in [0.2, 0.25) is 0 Å². The van der Waals surface area contributed by atoms with Crippen molar-refractivity contribution in [3.63, 3.8) is 0 Å². The van der Waals surface area contributed by atoms with Crippen LogP contribution >= 0.6 is 11.6 Å². The number of halogens is 1. The first-order chi connectivity index (χ1) is 9.76. The molecule has 0 radical (unpaired) electrons. The van der Waals surface area contributed by atoms with E-state index in [4.69, 9.17) is 11.6 Å². The first kappa shape index (κ1) is 13.1. The molecule has 0 atom stereocenters. The van der Waals surface area contributed by atoms with Gasteiger partial charge in [-0.05, 0) is 47.7 Å². The molecule has 0 aliphatic carbocycles. The van der Waals surface area contributed by atoms with Gasteiger partial charge in [0.05, 0.1) is 5.52 Å². The van der Waals surface area contributed by atoms with Crippen LogP contribution in [-0.4, -0.2) is 4.98 Å². The largest absolute Gasteiger partial charge is 0.236 e. The Morgan fingerprint density at radius 2 is 1.75 bits per heavy atom. The van der Waals surface area contributed by atoms with Crippen LogP contribution in [0.4, 0.5) is 0 Å². The molecule has 3 rings (SSSR count). The van der Waals surface area contributed by atoms with E-state index >= 15 is 0 Å². The van der Waals surface area contributed by atoms with E-state index in [1.54, 1.807) is 0 Å². The molecule has 0 aliphatic rings. The number of benzene rings is 2. The highest BCUT2D eigenvalue weighted by atomic mass is 35.5. The summed E-state index contributed by atoms with van der Waals surface area (Å²) >= 11 is 6.16. The number of pyridine rings is 1. The maximum Gasteiger partial charge on any atom is 0.132 e. The summed E-state index contributed by atoms with van der Waals surface area (Å²) in [5, 5.41) is 1.79.